The van der Waals surface area contributed by atoms with Crippen LogP contribution in [-0.4, -0.2) is 34.3 Å². The molecule has 0 radical (unpaired) electrons. The van der Waals surface area contributed by atoms with Gasteiger partial charge in [-0.05, 0) is 43.7 Å². The Labute approximate surface area is 180 Å². The summed E-state index contributed by atoms with van der Waals surface area (Å²) >= 11 is 1.60. The third-order valence-corrected chi connectivity index (χ3v) is 6.14. The van der Waals surface area contributed by atoms with E-state index in [0.717, 1.165) is 37.5 Å². The maximum atomic E-state index is 5.75. The molecule has 0 bridgehead atoms. The average Bonchev–Trinajstić information content (AvgIpc) is 3.48. The van der Waals surface area contributed by atoms with Gasteiger partial charge in [0.15, 0.2) is 12.4 Å². The predicted octanol–water partition coefficient (Wildman–Crippen LogP) is 4.40. The van der Waals surface area contributed by atoms with Crippen molar-refractivity contribution in [2.75, 3.05) is 0 Å². The second-order valence-electron chi connectivity index (χ2n) is 7.32. The lowest BCUT2D eigenvalue weighted by Crippen LogP contribution is -2.05. The number of aromatic nitrogens is 7. The smallest absolute Gasteiger partial charge is 0.202 e. The first kappa shape index (κ1) is 18.0. The number of thiophene rings is 1. The Bertz CT molecular complexity index is 1570. The van der Waals surface area contributed by atoms with Crippen molar-refractivity contribution >= 4 is 37.4 Å². The van der Waals surface area contributed by atoms with Crippen LogP contribution in [0.4, 0.5) is 0 Å². The van der Waals surface area contributed by atoms with Crippen LogP contribution in [0.5, 0.6) is 5.75 Å². The summed E-state index contributed by atoms with van der Waals surface area (Å²) in [5.74, 6) is 1.34. The fourth-order valence-corrected chi connectivity index (χ4v) is 4.91. The quantitative estimate of drug-likeness (QED) is 0.415. The van der Waals surface area contributed by atoms with Crippen LogP contribution in [0, 0.1) is 13.8 Å². The van der Waals surface area contributed by atoms with Gasteiger partial charge in [0, 0.05) is 17.3 Å². The molecular formula is C22H17N7OS. The van der Waals surface area contributed by atoms with E-state index in [4.69, 9.17) is 9.72 Å². The SMILES string of the molecule is Cc1cc(C)c2c(n1)sc1c2ncn2nc(-c3ccn(COc4ccccc4)n3)nc12. The predicted molar refractivity (Wildman–Crippen MR) is 119 cm³/mol. The normalized spacial score (nSPS) is 11.7. The van der Waals surface area contributed by atoms with Gasteiger partial charge in [-0.25, -0.2) is 24.1 Å². The van der Waals surface area contributed by atoms with Crippen LogP contribution in [0.2, 0.25) is 0 Å². The molecule has 0 spiro atoms. The van der Waals surface area contributed by atoms with E-state index in [1.165, 1.54) is 5.56 Å². The average molecular weight is 427 g/mol. The zero-order valence-electron chi connectivity index (χ0n) is 16.9. The van der Waals surface area contributed by atoms with Gasteiger partial charge in [-0.2, -0.15) is 5.10 Å². The fourth-order valence-electron chi connectivity index (χ4n) is 3.69. The Morgan fingerprint density at radius 1 is 1.03 bits per heavy atom. The van der Waals surface area contributed by atoms with E-state index in [1.807, 2.05) is 49.5 Å². The highest BCUT2D eigenvalue weighted by molar-refractivity contribution is 7.26. The Morgan fingerprint density at radius 2 is 1.90 bits per heavy atom. The van der Waals surface area contributed by atoms with E-state index >= 15 is 0 Å². The van der Waals surface area contributed by atoms with Crippen LogP contribution in [0.1, 0.15) is 11.3 Å². The molecule has 0 atom stereocenters. The molecule has 9 heteroatoms. The highest BCUT2D eigenvalue weighted by atomic mass is 32.1. The van der Waals surface area contributed by atoms with Crippen LogP contribution >= 0.6 is 11.3 Å². The lowest BCUT2D eigenvalue weighted by atomic mass is 10.1. The number of nitrogens with zero attached hydrogens (tertiary/aromatic N) is 7. The number of aryl methyl sites for hydroxylation is 2. The second kappa shape index (κ2) is 6.85. The number of hydrogen-bond acceptors (Lipinski definition) is 7. The van der Waals surface area contributed by atoms with Crippen LogP contribution in [0.3, 0.4) is 0 Å². The molecule has 0 aliphatic carbocycles. The summed E-state index contributed by atoms with van der Waals surface area (Å²) in [7, 11) is 0. The summed E-state index contributed by atoms with van der Waals surface area (Å²) < 4.78 is 10.2. The largest absolute Gasteiger partial charge is 0.471 e. The molecule has 0 fully saturated rings. The van der Waals surface area contributed by atoms with Crippen molar-refractivity contribution in [3.8, 4) is 17.3 Å². The van der Waals surface area contributed by atoms with Gasteiger partial charge in [-0.15, -0.1) is 16.4 Å². The fraction of sp³-hybridized carbons (Fsp3) is 0.136. The summed E-state index contributed by atoms with van der Waals surface area (Å²) in [4.78, 5) is 15.1. The first-order chi connectivity index (χ1) is 15.2. The summed E-state index contributed by atoms with van der Waals surface area (Å²) in [6, 6.07) is 13.6. The molecule has 0 N–H and O–H groups in total. The van der Waals surface area contributed by atoms with Gasteiger partial charge < -0.3 is 4.74 Å². The number of benzene rings is 1. The molecule has 0 aliphatic rings. The minimum atomic E-state index is 0.309. The lowest BCUT2D eigenvalue weighted by molar-refractivity contribution is 0.221. The molecular weight excluding hydrogens is 410 g/mol. The Kier molecular flexibility index (Phi) is 3.97. The first-order valence-corrected chi connectivity index (χ1v) is 10.6. The zero-order valence-corrected chi connectivity index (χ0v) is 17.7. The molecule has 5 heterocycles. The van der Waals surface area contributed by atoms with E-state index in [2.05, 4.69) is 33.2 Å². The third-order valence-electron chi connectivity index (χ3n) is 5.07. The van der Waals surface area contributed by atoms with Crippen LogP contribution in [0.25, 0.3) is 37.6 Å². The monoisotopic (exact) mass is 427 g/mol. The third kappa shape index (κ3) is 3.01. The highest BCUT2D eigenvalue weighted by Crippen LogP contribution is 2.35. The standard InChI is InChI=1S/C22H17N7OS/c1-13-10-14(2)24-22-17(13)18-19(31-22)21-25-20(27-29(21)11-23-18)16-8-9-28(26-16)12-30-15-6-4-3-5-7-15/h3-11H,12H2,1-2H3. The van der Waals surface area contributed by atoms with Gasteiger partial charge in [0.2, 0.25) is 5.82 Å². The van der Waals surface area contributed by atoms with Gasteiger partial charge in [-0.1, -0.05) is 18.2 Å². The lowest BCUT2D eigenvalue weighted by Gasteiger charge is -2.05. The van der Waals surface area contributed by atoms with E-state index < -0.39 is 0 Å². The van der Waals surface area contributed by atoms with Crippen molar-refractivity contribution in [2.24, 2.45) is 0 Å². The number of pyridine rings is 1. The van der Waals surface area contributed by atoms with E-state index in [1.54, 1.807) is 26.9 Å². The molecule has 0 aliphatic heterocycles. The van der Waals surface area contributed by atoms with Gasteiger partial charge in [0.1, 0.15) is 27.3 Å². The number of rotatable bonds is 4. The van der Waals surface area contributed by atoms with Crippen molar-refractivity contribution in [1.29, 1.82) is 0 Å². The summed E-state index contributed by atoms with van der Waals surface area (Å²) in [6.07, 6.45) is 3.56. The molecule has 0 saturated carbocycles. The topological polar surface area (TPSA) is 83.0 Å². The van der Waals surface area contributed by atoms with Gasteiger partial charge in [-0.3, -0.25) is 0 Å². The molecule has 0 amide bonds. The van der Waals surface area contributed by atoms with Crippen LogP contribution in [0.15, 0.2) is 55.0 Å². The second-order valence-corrected chi connectivity index (χ2v) is 8.31. The number of fused-ring (bicyclic) bond motifs is 5. The van der Waals surface area contributed by atoms with E-state index in [0.29, 0.717) is 18.2 Å². The van der Waals surface area contributed by atoms with Crippen LogP contribution in [-0.2, 0) is 6.73 Å². The Balaban J connectivity index is 1.38. The van der Waals surface area contributed by atoms with Crippen molar-refractivity contribution < 1.29 is 4.74 Å². The summed E-state index contributed by atoms with van der Waals surface area (Å²) in [6.45, 7) is 4.41. The molecule has 1 aromatic carbocycles. The highest BCUT2D eigenvalue weighted by Gasteiger charge is 2.17. The molecule has 5 aromatic heterocycles. The molecule has 8 nitrogen and oxygen atoms in total. The number of ether oxygens (including phenoxy) is 1. The summed E-state index contributed by atoms with van der Waals surface area (Å²) in [5, 5.41) is 10.2. The van der Waals surface area contributed by atoms with Crippen LogP contribution < -0.4 is 4.74 Å². The van der Waals surface area contributed by atoms with Crippen molar-refractivity contribution in [3.05, 3.63) is 66.2 Å². The van der Waals surface area contributed by atoms with Crippen molar-refractivity contribution in [3.63, 3.8) is 0 Å². The van der Waals surface area contributed by atoms with Crippen molar-refractivity contribution in [2.45, 2.75) is 20.6 Å². The number of hydrogen-bond donors (Lipinski definition) is 0. The molecule has 0 saturated heterocycles. The minimum Gasteiger partial charge on any atom is -0.471 e. The number of para-hydroxylation sites is 1. The van der Waals surface area contributed by atoms with Gasteiger partial charge in [0.25, 0.3) is 0 Å². The van der Waals surface area contributed by atoms with E-state index in [-0.39, 0.29) is 0 Å². The Morgan fingerprint density at radius 3 is 2.77 bits per heavy atom. The minimum absolute atomic E-state index is 0.309. The summed E-state index contributed by atoms with van der Waals surface area (Å²) in [5.41, 5.74) is 4.52. The van der Waals surface area contributed by atoms with E-state index in [9.17, 15) is 0 Å². The molecule has 6 aromatic rings. The van der Waals surface area contributed by atoms with Crippen molar-refractivity contribution in [1.82, 2.24) is 34.3 Å². The first-order valence-electron chi connectivity index (χ1n) is 9.79. The molecule has 6 rings (SSSR count). The van der Waals surface area contributed by atoms with Gasteiger partial charge in [0.05, 0.1) is 5.52 Å². The maximum Gasteiger partial charge on any atom is 0.202 e. The zero-order chi connectivity index (χ0) is 20.9. The Hall–Kier alpha value is -3.85. The molecule has 152 valence electrons. The van der Waals surface area contributed by atoms with Gasteiger partial charge >= 0.3 is 0 Å². The molecule has 0 unspecified atom stereocenters. The molecule has 31 heavy (non-hydrogen) atoms. The maximum absolute atomic E-state index is 5.75.